The molecule has 0 heterocycles. The van der Waals surface area contributed by atoms with Gasteiger partial charge in [-0.1, -0.05) is 0 Å². The standard InChI is InChI=1S/C7H9BO4/c1-4(9)3-6(11)7(12-8)5(2)10/h7H,3H2,1-2H3. The molecule has 2 radical (unpaired) electrons. The zero-order chi connectivity index (χ0) is 9.72. The average molecular weight is 168 g/mol. The van der Waals surface area contributed by atoms with E-state index in [-0.39, 0.29) is 12.2 Å². The van der Waals surface area contributed by atoms with Gasteiger partial charge in [-0.05, 0) is 13.8 Å². The molecule has 0 fully saturated rings. The summed E-state index contributed by atoms with van der Waals surface area (Å²) in [6.45, 7) is 2.43. The van der Waals surface area contributed by atoms with E-state index in [0.717, 1.165) is 0 Å². The first-order valence-electron chi connectivity index (χ1n) is 3.37. The van der Waals surface area contributed by atoms with Crippen molar-refractivity contribution in [1.82, 2.24) is 0 Å². The zero-order valence-electron chi connectivity index (χ0n) is 6.99. The Morgan fingerprint density at radius 2 is 1.83 bits per heavy atom. The second-order valence-corrected chi connectivity index (χ2v) is 2.47. The lowest BCUT2D eigenvalue weighted by Crippen LogP contribution is -2.31. The van der Waals surface area contributed by atoms with Gasteiger partial charge in [0.2, 0.25) is 0 Å². The number of rotatable bonds is 5. The van der Waals surface area contributed by atoms with Gasteiger partial charge in [0.05, 0.1) is 6.42 Å². The largest absolute Gasteiger partial charge is 0.433 e. The second kappa shape index (κ2) is 4.82. The molecule has 64 valence electrons. The quantitative estimate of drug-likeness (QED) is 0.413. The first-order valence-corrected chi connectivity index (χ1v) is 3.37. The normalized spacial score (nSPS) is 12.2. The van der Waals surface area contributed by atoms with Crippen molar-refractivity contribution in [3.8, 4) is 0 Å². The first kappa shape index (κ1) is 11.0. The molecule has 0 amide bonds. The summed E-state index contributed by atoms with van der Waals surface area (Å²) in [4.78, 5) is 32.1. The summed E-state index contributed by atoms with van der Waals surface area (Å²) in [7, 11) is 4.70. The van der Waals surface area contributed by atoms with Crippen LogP contribution in [-0.2, 0) is 19.0 Å². The summed E-state index contributed by atoms with van der Waals surface area (Å²) >= 11 is 0. The van der Waals surface area contributed by atoms with Crippen molar-refractivity contribution in [2.24, 2.45) is 0 Å². The van der Waals surface area contributed by atoms with E-state index in [0.29, 0.717) is 0 Å². The number of carbonyl (C=O) groups is 3. The van der Waals surface area contributed by atoms with Crippen molar-refractivity contribution in [3.05, 3.63) is 0 Å². The van der Waals surface area contributed by atoms with Crippen LogP contribution in [0.25, 0.3) is 0 Å². The summed E-state index contributed by atoms with van der Waals surface area (Å²) in [6.07, 6.45) is -1.62. The molecule has 5 heteroatoms. The molecule has 12 heavy (non-hydrogen) atoms. The van der Waals surface area contributed by atoms with Gasteiger partial charge in [-0.2, -0.15) is 0 Å². The summed E-state index contributed by atoms with van der Waals surface area (Å²) in [6, 6.07) is 0. The van der Waals surface area contributed by atoms with Crippen molar-refractivity contribution in [3.63, 3.8) is 0 Å². The SMILES string of the molecule is [B]OC(C(C)=O)C(=O)CC(C)=O. The van der Waals surface area contributed by atoms with E-state index < -0.39 is 17.7 Å². The maximum atomic E-state index is 11.0. The fourth-order valence-electron chi connectivity index (χ4n) is 0.736. The zero-order valence-corrected chi connectivity index (χ0v) is 6.99. The number of hydrogen-bond acceptors (Lipinski definition) is 4. The molecule has 0 aliphatic carbocycles. The van der Waals surface area contributed by atoms with Gasteiger partial charge >= 0.3 is 0 Å². The van der Waals surface area contributed by atoms with Gasteiger partial charge < -0.3 is 4.65 Å². The molecule has 0 bridgehead atoms. The Kier molecular flexibility index (Phi) is 4.43. The van der Waals surface area contributed by atoms with Gasteiger partial charge in [0, 0.05) is 0 Å². The molecule has 0 saturated carbocycles. The van der Waals surface area contributed by atoms with Gasteiger partial charge in [-0.25, -0.2) is 0 Å². The molecule has 4 nitrogen and oxygen atoms in total. The van der Waals surface area contributed by atoms with Crippen LogP contribution >= 0.6 is 0 Å². The highest BCUT2D eigenvalue weighted by molar-refractivity contribution is 6.13. The number of carbonyl (C=O) groups excluding carboxylic acids is 3. The molecule has 0 aromatic carbocycles. The molecular weight excluding hydrogens is 159 g/mol. The van der Waals surface area contributed by atoms with E-state index in [1.807, 2.05) is 0 Å². The van der Waals surface area contributed by atoms with Crippen LogP contribution < -0.4 is 0 Å². The van der Waals surface area contributed by atoms with Gasteiger partial charge in [-0.15, -0.1) is 0 Å². The van der Waals surface area contributed by atoms with E-state index >= 15 is 0 Å². The predicted molar refractivity (Wildman–Crippen MR) is 41.6 cm³/mol. The second-order valence-electron chi connectivity index (χ2n) is 2.47. The van der Waals surface area contributed by atoms with Crippen LogP contribution in [0.5, 0.6) is 0 Å². The third-order valence-corrected chi connectivity index (χ3v) is 1.22. The van der Waals surface area contributed by atoms with Gasteiger partial charge in [0.25, 0.3) is 8.05 Å². The van der Waals surface area contributed by atoms with Crippen LogP contribution in [0.3, 0.4) is 0 Å². The Labute approximate surface area is 71.7 Å². The molecule has 1 atom stereocenters. The smallest absolute Gasteiger partial charge is 0.284 e. The fourth-order valence-corrected chi connectivity index (χ4v) is 0.736. The minimum absolute atomic E-state index is 0.316. The Bertz CT molecular complexity index is 211. The van der Waals surface area contributed by atoms with Gasteiger partial charge in [0.15, 0.2) is 17.7 Å². The van der Waals surface area contributed by atoms with Crippen LogP contribution in [0.4, 0.5) is 0 Å². The van der Waals surface area contributed by atoms with Crippen LogP contribution in [0.2, 0.25) is 0 Å². The highest BCUT2D eigenvalue weighted by Gasteiger charge is 2.22. The van der Waals surface area contributed by atoms with Crippen LogP contribution in [-0.4, -0.2) is 31.5 Å². The summed E-state index contributed by atoms with van der Waals surface area (Å²) in [5.74, 6) is -1.41. The van der Waals surface area contributed by atoms with Gasteiger partial charge in [-0.3, -0.25) is 14.4 Å². The topological polar surface area (TPSA) is 60.4 Å². The Hall–Kier alpha value is -0.965. The molecule has 1 unspecified atom stereocenters. The molecule has 0 aliphatic rings. The highest BCUT2D eigenvalue weighted by Crippen LogP contribution is 1.98. The third kappa shape index (κ3) is 3.43. The van der Waals surface area contributed by atoms with Crippen molar-refractivity contribution < 1.29 is 19.0 Å². The molecule has 0 saturated heterocycles. The lowest BCUT2D eigenvalue weighted by atomic mass is 10.1. The first-order chi connectivity index (χ1) is 5.49. The number of hydrogen-bond donors (Lipinski definition) is 0. The molecule has 0 aromatic rings. The number of Topliss-reactive ketones (excluding diaryl/α,β-unsaturated/α-hetero) is 3. The van der Waals surface area contributed by atoms with Crippen molar-refractivity contribution in [2.45, 2.75) is 26.4 Å². The molecule has 0 aromatic heterocycles. The third-order valence-electron chi connectivity index (χ3n) is 1.22. The predicted octanol–water partition coefficient (Wildman–Crippen LogP) is -0.408. The summed E-state index contributed by atoms with van der Waals surface area (Å²) in [5, 5.41) is 0. The average Bonchev–Trinajstić information content (AvgIpc) is 1.85. The molecule has 0 N–H and O–H groups in total. The van der Waals surface area contributed by atoms with E-state index in [4.69, 9.17) is 8.05 Å². The molecule has 0 aliphatic heterocycles. The minimum Gasteiger partial charge on any atom is -0.433 e. The van der Waals surface area contributed by atoms with Crippen molar-refractivity contribution in [2.75, 3.05) is 0 Å². The number of ketones is 3. The van der Waals surface area contributed by atoms with Gasteiger partial charge in [0.1, 0.15) is 5.78 Å². The van der Waals surface area contributed by atoms with E-state index in [1.165, 1.54) is 13.8 Å². The fraction of sp³-hybridized carbons (Fsp3) is 0.571. The van der Waals surface area contributed by atoms with Crippen molar-refractivity contribution in [1.29, 1.82) is 0 Å². The Morgan fingerprint density at radius 3 is 2.08 bits per heavy atom. The molecule has 0 spiro atoms. The monoisotopic (exact) mass is 168 g/mol. The maximum absolute atomic E-state index is 11.0. The Morgan fingerprint density at radius 1 is 1.33 bits per heavy atom. The van der Waals surface area contributed by atoms with Crippen LogP contribution in [0.1, 0.15) is 20.3 Å². The molecule has 0 rings (SSSR count). The summed E-state index contributed by atoms with van der Waals surface area (Å²) < 4.78 is 4.12. The summed E-state index contributed by atoms with van der Waals surface area (Å²) in [5.41, 5.74) is 0. The van der Waals surface area contributed by atoms with E-state index in [1.54, 1.807) is 0 Å². The lowest BCUT2D eigenvalue weighted by Gasteiger charge is -2.09. The van der Waals surface area contributed by atoms with E-state index in [2.05, 4.69) is 4.65 Å². The maximum Gasteiger partial charge on any atom is 0.284 e. The van der Waals surface area contributed by atoms with E-state index in [9.17, 15) is 14.4 Å². The molecular formula is C7H9BO4. The minimum atomic E-state index is -1.30. The Balaban J connectivity index is 4.22. The van der Waals surface area contributed by atoms with Crippen molar-refractivity contribution >= 4 is 25.4 Å². The lowest BCUT2D eigenvalue weighted by molar-refractivity contribution is -0.136. The van der Waals surface area contributed by atoms with Crippen LogP contribution in [0, 0.1) is 0 Å². The highest BCUT2D eigenvalue weighted by atomic mass is 16.4. The van der Waals surface area contributed by atoms with Crippen LogP contribution in [0.15, 0.2) is 0 Å².